The van der Waals surface area contributed by atoms with Gasteiger partial charge in [0.2, 0.25) is 0 Å². The van der Waals surface area contributed by atoms with Gasteiger partial charge in [0.1, 0.15) is 0 Å². The predicted molar refractivity (Wildman–Crippen MR) is 67.0 cm³/mol. The van der Waals surface area contributed by atoms with Gasteiger partial charge in [0, 0.05) is 30.1 Å². The average molecular weight is 290 g/mol. The third-order valence-corrected chi connectivity index (χ3v) is 3.93. The Morgan fingerprint density at radius 2 is 2.33 bits per heavy atom. The van der Waals surface area contributed by atoms with Crippen molar-refractivity contribution in [3.05, 3.63) is 33.3 Å². The normalized spacial score (nSPS) is 22.2. The molecule has 2 rings (SSSR count). The van der Waals surface area contributed by atoms with E-state index < -0.39 is 0 Å². The minimum absolute atomic E-state index is 0.343. The summed E-state index contributed by atoms with van der Waals surface area (Å²) in [5.41, 5.74) is 7.11. The van der Waals surface area contributed by atoms with Gasteiger partial charge in [0.05, 0.1) is 5.02 Å². The Balaban J connectivity index is 2.02. The fraction of sp³-hybridized carbons (Fsp3) is 0.455. The fourth-order valence-electron chi connectivity index (χ4n) is 1.90. The Morgan fingerprint density at radius 3 is 2.93 bits per heavy atom. The van der Waals surface area contributed by atoms with E-state index in [1.807, 2.05) is 12.1 Å². The third-order valence-electron chi connectivity index (χ3n) is 2.70. The first-order chi connectivity index (χ1) is 7.15. The van der Waals surface area contributed by atoms with Crippen molar-refractivity contribution in [1.82, 2.24) is 4.90 Å². The van der Waals surface area contributed by atoms with Crippen molar-refractivity contribution in [1.29, 1.82) is 0 Å². The van der Waals surface area contributed by atoms with Gasteiger partial charge in [0.25, 0.3) is 0 Å². The van der Waals surface area contributed by atoms with Gasteiger partial charge in [-0.1, -0.05) is 17.7 Å². The molecule has 0 spiro atoms. The van der Waals surface area contributed by atoms with Crippen molar-refractivity contribution in [2.24, 2.45) is 5.73 Å². The van der Waals surface area contributed by atoms with E-state index in [0.717, 1.165) is 35.6 Å². The topological polar surface area (TPSA) is 29.3 Å². The predicted octanol–water partition coefficient (Wildman–Crippen LogP) is 2.64. The van der Waals surface area contributed by atoms with E-state index in [2.05, 4.69) is 26.9 Å². The molecule has 1 aromatic rings. The quantitative estimate of drug-likeness (QED) is 0.907. The van der Waals surface area contributed by atoms with Crippen LogP contribution in [0.5, 0.6) is 0 Å². The van der Waals surface area contributed by atoms with Crippen LogP contribution >= 0.6 is 27.5 Å². The smallest absolute Gasteiger partial charge is 0.0551 e. The van der Waals surface area contributed by atoms with Crippen LogP contribution in [-0.2, 0) is 6.54 Å². The molecule has 2 N–H and O–H groups in total. The SMILES string of the molecule is N[C@@H]1CCN(Cc2ccc(Br)c(Cl)c2)C1. The number of halogens is 2. The second-order valence-electron chi connectivity index (χ2n) is 4.03. The maximum absolute atomic E-state index is 6.04. The number of benzene rings is 1. The summed E-state index contributed by atoms with van der Waals surface area (Å²) in [6.07, 6.45) is 1.10. The van der Waals surface area contributed by atoms with Crippen LogP contribution in [-0.4, -0.2) is 24.0 Å². The summed E-state index contributed by atoms with van der Waals surface area (Å²) in [6, 6.07) is 6.44. The van der Waals surface area contributed by atoms with Crippen LogP contribution in [0.25, 0.3) is 0 Å². The fourth-order valence-corrected chi connectivity index (χ4v) is 2.35. The van der Waals surface area contributed by atoms with Crippen LogP contribution in [0.1, 0.15) is 12.0 Å². The molecule has 2 nitrogen and oxygen atoms in total. The molecule has 0 bridgehead atoms. The monoisotopic (exact) mass is 288 g/mol. The zero-order valence-electron chi connectivity index (χ0n) is 8.42. The molecule has 0 aliphatic carbocycles. The van der Waals surface area contributed by atoms with Crippen LogP contribution in [0, 0.1) is 0 Å². The molecule has 15 heavy (non-hydrogen) atoms. The van der Waals surface area contributed by atoms with Gasteiger partial charge < -0.3 is 5.73 Å². The Morgan fingerprint density at radius 1 is 1.53 bits per heavy atom. The highest BCUT2D eigenvalue weighted by Crippen LogP contribution is 2.24. The van der Waals surface area contributed by atoms with Crippen LogP contribution in [0.2, 0.25) is 5.02 Å². The van der Waals surface area contributed by atoms with E-state index in [1.54, 1.807) is 0 Å². The molecule has 1 aliphatic rings. The lowest BCUT2D eigenvalue weighted by Crippen LogP contribution is -2.26. The summed E-state index contributed by atoms with van der Waals surface area (Å²) in [6.45, 7) is 3.03. The molecule has 0 aromatic heterocycles. The summed E-state index contributed by atoms with van der Waals surface area (Å²) in [7, 11) is 0. The van der Waals surface area contributed by atoms with Gasteiger partial charge in [-0.3, -0.25) is 4.90 Å². The van der Waals surface area contributed by atoms with Crippen molar-refractivity contribution in [3.8, 4) is 0 Å². The van der Waals surface area contributed by atoms with E-state index in [1.165, 1.54) is 5.56 Å². The largest absolute Gasteiger partial charge is 0.326 e. The summed E-state index contributed by atoms with van der Waals surface area (Å²) in [5, 5.41) is 0.774. The van der Waals surface area contributed by atoms with E-state index in [9.17, 15) is 0 Å². The van der Waals surface area contributed by atoms with Gasteiger partial charge in [-0.25, -0.2) is 0 Å². The molecule has 1 heterocycles. The van der Waals surface area contributed by atoms with Crippen LogP contribution < -0.4 is 5.73 Å². The molecule has 0 saturated carbocycles. The van der Waals surface area contributed by atoms with Gasteiger partial charge in [0.15, 0.2) is 0 Å². The maximum atomic E-state index is 6.04. The Kier molecular flexibility index (Phi) is 3.67. The van der Waals surface area contributed by atoms with E-state index in [-0.39, 0.29) is 0 Å². The highest BCUT2D eigenvalue weighted by atomic mass is 79.9. The van der Waals surface area contributed by atoms with E-state index >= 15 is 0 Å². The number of hydrogen-bond donors (Lipinski definition) is 1. The van der Waals surface area contributed by atoms with E-state index in [0.29, 0.717) is 6.04 Å². The molecular weight excluding hydrogens is 275 g/mol. The number of likely N-dealkylation sites (tertiary alicyclic amines) is 1. The van der Waals surface area contributed by atoms with Crippen molar-refractivity contribution < 1.29 is 0 Å². The Bertz CT molecular complexity index is 356. The second-order valence-corrected chi connectivity index (χ2v) is 5.29. The maximum Gasteiger partial charge on any atom is 0.0551 e. The molecule has 0 amide bonds. The molecule has 1 fully saturated rings. The minimum Gasteiger partial charge on any atom is -0.326 e. The lowest BCUT2D eigenvalue weighted by molar-refractivity contribution is 0.327. The first kappa shape index (κ1) is 11.4. The third kappa shape index (κ3) is 2.94. The average Bonchev–Trinajstić information content (AvgIpc) is 2.58. The summed E-state index contributed by atoms with van der Waals surface area (Å²) in [5.74, 6) is 0. The summed E-state index contributed by atoms with van der Waals surface area (Å²) in [4.78, 5) is 2.37. The number of hydrogen-bond acceptors (Lipinski definition) is 2. The molecule has 1 aliphatic heterocycles. The molecule has 4 heteroatoms. The molecule has 82 valence electrons. The number of nitrogens with zero attached hydrogens (tertiary/aromatic N) is 1. The van der Waals surface area contributed by atoms with Crippen LogP contribution in [0.4, 0.5) is 0 Å². The molecule has 0 radical (unpaired) electrons. The molecule has 1 aromatic carbocycles. The zero-order valence-corrected chi connectivity index (χ0v) is 10.8. The second kappa shape index (κ2) is 4.83. The van der Waals surface area contributed by atoms with Crippen molar-refractivity contribution in [2.45, 2.75) is 19.0 Å². The highest BCUT2D eigenvalue weighted by molar-refractivity contribution is 9.10. The molecule has 0 unspecified atom stereocenters. The van der Waals surface area contributed by atoms with Crippen molar-refractivity contribution >= 4 is 27.5 Å². The highest BCUT2D eigenvalue weighted by Gasteiger charge is 2.18. The molecular formula is C11H14BrClN2. The molecule has 1 atom stereocenters. The van der Waals surface area contributed by atoms with Crippen LogP contribution in [0.15, 0.2) is 22.7 Å². The first-order valence-corrected chi connectivity index (χ1v) is 6.24. The summed E-state index contributed by atoms with van der Waals surface area (Å²) >= 11 is 9.42. The summed E-state index contributed by atoms with van der Waals surface area (Å²) < 4.78 is 0.950. The molecule has 1 saturated heterocycles. The first-order valence-electron chi connectivity index (χ1n) is 5.07. The van der Waals surface area contributed by atoms with E-state index in [4.69, 9.17) is 17.3 Å². The lowest BCUT2D eigenvalue weighted by atomic mass is 10.2. The van der Waals surface area contributed by atoms with Crippen molar-refractivity contribution in [2.75, 3.05) is 13.1 Å². The standard InChI is InChI=1S/C11H14BrClN2/c12-10-2-1-8(5-11(10)13)6-15-4-3-9(14)7-15/h1-2,5,9H,3-4,6-7,14H2/t9-/m1/s1. The van der Waals surface area contributed by atoms with Gasteiger partial charge in [-0.05, 0) is 40.0 Å². The Labute approximate surface area is 104 Å². The van der Waals surface area contributed by atoms with Crippen LogP contribution in [0.3, 0.4) is 0 Å². The van der Waals surface area contributed by atoms with Gasteiger partial charge in [-0.2, -0.15) is 0 Å². The number of nitrogens with two attached hydrogens (primary N) is 1. The zero-order chi connectivity index (χ0) is 10.8. The van der Waals surface area contributed by atoms with Gasteiger partial charge in [-0.15, -0.1) is 0 Å². The van der Waals surface area contributed by atoms with Crippen molar-refractivity contribution in [3.63, 3.8) is 0 Å². The number of rotatable bonds is 2. The Hall–Kier alpha value is -0.0900. The lowest BCUT2D eigenvalue weighted by Gasteiger charge is -2.15. The minimum atomic E-state index is 0.343. The van der Waals surface area contributed by atoms with Gasteiger partial charge >= 0.3 is 0 Å².